The number of halogens is 2. The molecule has 1 aliphatic carbocycles. The molecule has 1 saturated carbocycles. The lowest BCUT2D eigenvalue weighted by molar-refractivity contribution is -0.140. The van der Waals surface area contributed by atoms with Crippen molar-refractivity contribution in [2.24, 2.45) is 0 Å². The molecule has 1 fully saturated rings. The molecular weight excluding hydrogens is 391 g/mol. The lowest BCUT2D eigenvalue weighted by Crippen LogP contribution is -2.50. The quantitative estimate of drug-likeness (QED) is 0.722. The minimum atomic E-state index is -0.699. The first-order valence-electron chi connectivity index (χ1n) is 10.0. The summed E-state index contributed by atoms with van der Waals surface area (Å²) in [5.74, 6) is -0.817. The number of nitrogens with one attached hydrogen (secondary N) is 1. The van der Waals surface area contributed by atoms with Gasteiger partial charge in [-0.2, -0.15) is 0 Å². The van der Waals surface area contributed by atoms with Crippen LogP contribution in [0.25, 0.3) is 0 Å². The number of hydrogen-bond donors (Lipinski definition) is 1. The Morgan fingerprint density at radius 3 is 2.45 bits per heavy atom. The summed E-state index contributed by atoms with van der Waals surface area (Å²) in [6.07, 6.45) is 4.25. The van der Waals surface area contributed by atoms with Crippen LogP contribution in [0.15, 0.2) is 48.5 Å². The molecule has 1 aliphatic rings. The van der Waals surface area contributed by atoms with Gasteiger partial charge in [0.15, 0.2) is 0 Å². The average Bonchev–Trinajstić information content (AvgIpc) is 3.21. The van der Waals surface area contributed by atoms with Gasteiger partial charge in [0.2, 0.25) is 11.8 Å². The Hall–Kier alpha value is -2.40. The van der Waals surface area contributed by atoms with Crippen molar-refractivity contribution in [3.8, 4) is 0 Å². The SMILES string of the molecule is C[C@@H](C(=O)NC1CCCC1)N(Cc1ccccc1F)C(=O)Cc1ccc(Cl)cc1. The second-order valence-electron chi connectivity index (χ2n) is 7.58. The minimum Gasteiger partial charge on any atom is -0.352 e. The Labute approximate surface area is 176 Å². The third-order valence-corrected chi connectivity index (χ3v) is 5.69. The van der Waals surface area contributed by atoms with E-state index < -0.39 is 6.04 Å². The highest BCUT2D eigenvalue weighted by Crippen LogP contribution is 2.19. The Morgan fingerprint density at radius 1 is 1.14 bits per heavy atom. The van der Waals surface area contributed by atoms with E-state index in [1.165, 1.54) is 11.0 Å². The van der Waals surface area contributed by atoms with Crippen LogP contribution in [-0.4, -0.2) is 28.8 Å². The molecule has 154 valence electrons. The number of benzene rings is 2. The van der Waals surface area contributed by atoms with Crippen LogP contribution < -0.4 is 5.32 Å². The molecule has 0 aliphatic heterocycles. The van der Waals surface area contributed by atoms with Gasteiger partial charge in [0, 0.05) is 23.2 Å². The topological polar surface area (TPSA) is 49.4 Å². The molecule has 29 heavy (non-hydrogen) atoms. The van der Waals surface area contributed by atoms with Gasteiger partial charge < -0.3 is 10.2 Å². The first-order valence-corrected chi connectivity index (χ1v) is 10.4. The summed E-state index contributed by atoms with van der Waals surface area (Å²) in [6.45, 7) is 1.74. The van der Waals surface area contributed by atoms with Crippen molar-refractivity contribution in [2.45, 2.75) is 57.7 Å². The van der Waals surface area contributed by atoms with E-state index in [0.717, 1.165) is 31.2 Å². The first-order chi connectivity index (χ1) is 13.9. The second-order valence-corrected chi connectivity index (χ2v) is 8.02. The lowest BCUT2D eigenvalue weighted by atomic mass is 10.1. The predicted octanol–water partition coefficient (Wildman–Crippen LogP) is 4.50. The Morgan fingerprint density at radius 2 is 1.79 bits per heavy atom. The van der Waals surface area contributed by atoms with E-state index in [1.54, 1.807) is 49.4 Å². The molecule has 0 aromatic heterocycles. The van der Waals surface area contributed by atoms with Crippen molar-refractivity contribution >= 4 is 23.4 Å². The van der Waals surface area contributed by atoms with Gasteiger partial charge in [0.1, 0.15) is 11.9 Å². The van der Waals surface area contributed by atoms with Gasteiger partial charge in [-0.1, -0.05) is 54.8 Å². The monoisotopic (exact) mass is 416 g/mol. The van der Waals surface area contributed by atoms with Crippen LogP contribution in [0.2, 0.25) is 5.02 Å². The smallest absolute Gasteiger partial charge is 0.242 e. The summed E-state index contributed by atoms with van der Waals surface area (Å²) < 4.78 is 14.2. The fourth-order valence-corrected chi connectivity index (χ4v) is 3.79. The number of rotatable bonds is 7. The zero-order valence-electron chi connectivity index (χ0n) is 16.5. The molecule has 2 aromatic rings. The number of carbonyl (C=O) groups excluding carboxylic acids is 2. The fraction of sp³-hybridized carbons (Fsp3) is 0.391. The van der Waals surface area contributed by atoms with Crippen molar-refractivity contribution in [1.29, 1.82) is 0 Å². The van der Waals surface area contributed by atoms with E-state index in [4.69, 9.17) is 11.6 Å². The predicted molar refractivity (Wildman–Crippen MR) is 112 cm³/mol. The molecule has 0 heterocycles. The molecule has 1 N–H and O–H groups in total. The van der Waals surface area contributed by atoms with Gasteiger partial charge in [0.05, 0.1) is 6.42 Å². The molecule has 2 amide bonds. The van der Waals surface area contributed by atoms with Crippen LogP contribution >= 0.6 is 11.6 Å². The Balaban J connectivity index is 1.77. The van der Waals surface area contributed by atoms with E-state index in [9.17, 15) is 14.0 Å². The summed E-state index contributed by atoms with van der Waals surface area (Å²) in [4.78, 5) is 27.3. The Kier molecular flexibility index (Phi) is 7.26. The van der Waals surface area contributed by atoms with E-state index in [2.05, 4.69) is 5.32 Å². The van der Waals surface area contributed by atoms with Crippen molar-refractivity contribution < 1.29 is 14.0 Å². The molecule has 0 spiro atoms. The van der Waals surface area contributed by atoms with Crippen molar-refractivity contribution in [2.75, 3.05) is 0 Å². The van der Waals surface area contributed by atoms with E-state index in [1.807, 2.05) is 0 Å². The van der Waals surface area contributed by atoms with E-state index >= 15 is 0 Å². The maximum atomic E-state index is 14.2. The van der Waals surface area contributed by atoms with Gasteiger partial charge in [0.25, 0.3) is 0 Å². The molecular formula is C23H26ClFN2O2. The zero-order valence-corrected chi connectivity index (χ0v) is 17.3. The summed E-state index contributed by atoms with van der Waals surface area (Å²) >= 11 is 5.92. The molecule has 3 rings (SSSR count). The van der Waals surface area contributed by atoms with E-state index in [0.29, 0.717) is 10.6 Å². The summed E-state index contributed by atoms with van der Waals surface area (Å²) in [5, 5.41) is 3.63. The van der Waals surface area contributed by atoms with Gasteiger partial charge >= 0.3 is 0 Å². The summed E-state index contributed by atoms with van der Waals surface area (Å²) in [5.41, 5.74) is 1.18. The number of amides is 2. The largest absolute Gasteiger partial charge is 0.352 e. The van der Waals surface area contributed by atoms with Gasteiger partial charge in [-0.25, -0.2) is 4.39 Å². The minimum absolute atomic E-state index is 0.0400. The molecule has 6 heteroatoms. The van der Waals surface area contributed by atoms with Crippen molar-refractivity contribution in [3.05, 3.63) is 70.5 Å². The number of carbonyl (C=O) groups is 2. The maximum Gasteiger partial charge on any atom is 0.242 e. The molecule has 0 bridgehead atoms. The number of hydrogen-bond acceptors (Lipinski definition) is 2. The van der Waals surface area contributed by atoms with Crippen LogP contribution in [0.5, 0.6) is 0 Å². The zero-order chi connectivity index (χ0) is 20.8. The standard InChI is InChI=1S/C23H26ClFN2O2/c1-16(23(29)26-20-7-3-4-8-20)27(15-18-6-2-5-9-21(18)25)22(28)14-17-10-12-19(24)13-11-17/h2,5-6,9-13,16,20H,3-4,7-8,14-15H2,1H3,(H,26,29)/t16-/m0/s1. The fourth-order valence-electron chi connectivity index (χ4n) is 3.66. The van der Waals surface area contributed by atoms with Crippen LogP contribution in [0.3, 0.4) is 0 Å². The summed E-state index contributed by atoms with van der Waals surface area (Å²) in [7, 11) is 0. The highest BCUT2D eigenvalue weighted by atomic mass is 35.5. The summed E-state index contributed by atoms with van der Waals surface area (Å²) in [6, 6.07) is 12.8. The van der Waals surface area contributed by atoms with Gasteiger partial charge in [-0.3, -0.25) is 9.59 Å². The molecule has 0 saturated heterocycles. The highest BCUT2D eigenvalue weighted by Gasteiger charge is 2.29. The van der Waals surface area contributed by atoms with Crippen LogP contribution in [0.4, 0.5) is 4.39 Å². The van der Waals surface area contributed by atoms with Crippen LogP contribution in [-0.2, 0) is 22.6 Å². The third kappa shape index (κ3) is 5.80. The van der Waals surface area contributed by atoms with Gasteiger partial charge in [-0.15, -0.1) is 0 Å². The molecule has 1 atom stereocenters. The van der Waals surface area contributed by atoms with Crippen molar-refractivity contribution in [3.63, 3.8) is 0 Å². The maximum absolute atomic E-state index is 14.2. The first kappa shape index (κ1) is 21.3. The Bertz CT molecular complexity index is 850. The molecule has 0 radical (unpaired) electrons. The molecule has 0 unspecified atom stereocenters. The van der Waals surface area contributed by atoms with Crippen molar-refractivity contribution in [1.82, 2.24) is 10.2 Å². The number of nitrogens with zero attached hydrogens (tertiary/aromatic N) is 1. The molecule has 2 aromatic carbocycles. The molecule has 4 nitrogen and oxygen atoms in total. The average molecular weight is 417 g/mol. The van der Waals surface area contributed by atoms with Crippen LogP contribution in [0.1, 0.15) is 43.7 Å². The third-order valence-electron chi connectivity index (χ3n) is 5.44. The van der Waals surface area contributed by atoms with Crippen LogP contribution in [0, 0.1) is 5.82 Å². The normalized spacial score (nSPS) is 15.1. The second kappa shape index (κ2) is 9.88. The van der Waals surface area contributed by atoms with Gasteiger partial charge in [-0.05, 0) is 43.5 Å². The van der Waals surface area contributed by atoms with E-state index in [-0.39, 0.29) is 36.6 Å². The lowest BCUT2D eigenvalue weighted by Gasteiger charge is -2.30. The highest BCUT2D eigenvalue weighted by molar-refractivity contribution is 6.30.